The number of amides is 1. The summed E-state index contributed by atoms with van der Waals surface area (Å²) in [5, 5.41) is 13.2. The highest BCUT2D eigenvalue weighted by molar-refractivity contribution is 7.12. The second kappa shape index (κ2) is 8.98. The molecule has 1 atom stereocenters. The van der Waals surface area contributed by atoms with Gasteiger partial charge in [-0.3, -0.25) is 9.59 Å². The number of thiophene rings is 1. The van der Waals surface area contributed by atoms with Crippen molar-refractivity contribution in [3.63, 3.8) is 0 Å². The van der Waals surface area contributed by atoms with E-state index in [9.17, 15) is 14.4 Å². The van der Waals surface area contributed by atoms with Gasteiger partial charge in [0.1, 0.15) is 5.75 Å². The first-order valence-electron chi connectivity index (χ1n) is 7.76. The van der Waals surface area contributed by atoms with Crippen LogP contribution in [0.2, 0.25) is 0 Å². The van der Waals surface area contributed by atoms with Gasteiger partial charge in [0.25, 0.3) is 0 Å². The lowest BCUT2D eigenvalue weighted by molar-refractivity contribution is -0.139. The van der Waals surface area contributed by atoms with Gasteiger partial charge in [-0.05, 0) is 36.1 Å². The van der Waals surface area contributed by atoms with Crippen LogP contribution >= 0.6 is 11.3 Å². The average Bonchev–Trinajstić information content (AvgIpc) is 3.13. The molecule has 0 aliphatic heterocycles. The van der Waals surface area contributed by atoms with Crippen molar-refractivity contribution in [2.75, 3.05) is 6.61 Å². The molecule has 1 amide bonds. The third kappa shape index (κ3) is 6.04. The topological polar surface area (TPSA) is 92.7 Å². The van der Waals surface area contributed by atoms with E-state index in [1.807, 2.05) is 18.4 Å². The molecule has 1 aromatic heterocycles. The van der Waals surface area contributed by atoms with Crippen molar-refractivity contribution in [2.24, 2.45) is 0 Å². The molecule has 0 fully saturated rings. The van der Waals surface area contributed by atoms with Gasteiger partial charge in [0.15, 0.2) is 12.4 Å². The van der Waals surface area contributed by atoms with Gasteiger partial charge in [0.2, 0.25) is 5.91 Å². The predicted molar refractivity (Wildman–Crippen MR) is 94.0 cm³/mol. The Bertz CT molecular complexity index is 724. The highest BCUT2D eigenvalue weighted by Gasteiger charge is 2.13. The second-order valence-corrected chi connectivity index (χ2v) is 6.39. The summed E-state index contributed by atoms with van der Waals surface area (Å²) in [5.74, 6) is -0.811. The summed E-state index contributed by atoms with van der Waals surface area (Å²) < 4.78 is 5.06. The van der Waals surface area contributed by atoms with Gasteiger partial charge in [0.05, 0.1) is 10.9 Å². The first-order chi connectivity index (χ1) is 12.0. The Morgan fingerprint density at radius 2 is 1.88 bits per heavy atom. The van der Waals surface area contributed by atoms with Gasteiger partial charge < -0.3 is 15.2 Å². The molecule has 1 unspecified atom stereocenters. The van der Waals surface area contributed by atoms with Crippen LogP contribution in [0.3, 0.4) is 0 Å². The summed E-state index contributed by atoms with van der Waals surface area (Å²) in [5.41, 5.74) is 0.862. The number of hydrogen-bond acceptors (Lipinski definition) is 5. The lowest BCUT2D eigenvalue weighted by Crippen LogP contribution is -2.26. The van der Waals surface area contributed by atoms with Crippen LogP contribution in [0.1, 0.15) is 41.0 Å². The number of rotatable bonds is 9. The molecular formula is C18H19NO5S. The van der Waals surface area contributed by atoms with Gasteiger partial charge in [-0.25, -0.2) is 4.79 Å². The van der Waals surface area contributed by atoms with E-state index in [1.165, 1.54) is 11.3 Å². The average molecular weight is 361 g/mol. The molecule has 0 spiro atoms. The summed E-state index contributed by atoms with van der Waals surface area (Å²) in [6.07, 6.45) is 0.321. The molecule has 0 radical (unpaired) electrons. The number of ketones is 1. The first-order valence-corrected chi connectivity index (χ1v) is 8.64. The fraction of sp³-hybridized carbons (Fsp3) is 0.278. The van der Waals surface area contributed by atoms with E-state index in [-0.39, 0.29) is 30.6 Å². The number of hydrogen-bond donors (Lipinski definition) is 2. The van der Waals surface area contributed by atoms with Crippen LogP contribution in [0.4, 0.5) is 0 Å². The van der Waals surface area contributed by atoms with E-state index in [2.05, 4.69) is 5.32 Å². The summed E-state index contributed by atoms with van der Waals surface area (Å²) in [4.78, 5) is 35.0. The lowest BCUT2D eigenvalue weighted by Gasteiger charge is -2.15. The van der Waals surface area contributed by atoms with Gasteiger partial charge in [-0.2, -0.15) is 0 Å². The summed E-state index contributed by atoms with van der Waals surface area (Å²) >= 11 is 1.37. The number of ether oxygens (including phenoxy) is 1. The van der Waals surface area contributed by atoms with E-state index in [0.29, 0.717) is 10.6 Å². The molecule has 7 heteroatoms. The van der Waals surface area contributed by atoms with Crippen molar-refractivity contribution in [1.82, 2.24) is 5.32 Å². The number of aliphatic carboxylic acids is 1. The van der Waals surface area contributed by atoms with Crippen molar-refractivity contribution in [3.8, 4) is 5.75 Å². The summed E-state index contributed by atoms with van der Waals surface area (Å²) in [7, 11) is 0. The SMILES string of the molecule is CC(NC(=O)CCC(=O)c1cccs1)c1ccc(OCC(=O)O)cc1. The number of carbonyl (C=O) groups is 3. The van der Waals surface area contributed by atoms with E-state index in [1.54, 1.807) is 30.3 Å². The third-order valence-corrected chi connectivity index (χ3v) is 4.41. The smallest absolute Gasteiger partial charge is 0.341 e. The highest BCUT2D eigenvalue weighted by atomic mass is 32.1. The maximum atomic E-state index is 12.0. The normalized spacial score (nSPS) is 11.6. The van der Waals surface area contributed by atoms with Crippen molar-refractivity contribution in [3.05, 3.63) is 52.2 Å². The number of nitrogens with one attached hydrogen (secondary N) is 1. The molecule has 25 heavy (non-hydrogen) atoms. The molecule has 0 bridgehead atoms. The molecule has 1 aromatic carbocycles. The molecule has 2 N–H and O–H groups in total. The van der Waals surface area contributed by atoms with Crippen LogP contribution < -0.4 is 10.1 Å². The number of Topliss-reactive ketones (excluding diaryl/α,β-unsaturated/α-hetero) is 1. The zero-order valence-electron chi connectivity index (χ0n) is 13.7. The Morgan fingerprint density at radius 1 is 1.16 bits per heavy atom. The molecule has 0 aliphatic rings. The van der Waals surface area contributed by atoms with Gasteiger partial charge in [-0.1, -0.05) is 18.2 Å². The standard InChI is InChI=1S/C18H19NO5S/c1-12(13-4-6-14(7-5-13)24-11-18(22)23)19-17(21)9-8-15(20)16-3-2-10-25-16/h2-7,10,12H,8-9,11H2,1H3,(H,19,21)(H,22,23). The van der Waals surface area contributed by atoms with Gasteiger partial charge >= 0.3 is 5.97 Å². The van der Waals surface area contributed by atoms with E-state index in [0.717, 1.165) is 5.56 Å². The predicted octanol–water partition coefficient (Wildman–Crippen LogP) is 3.05. The van der Waals surface area contributed by atoms with Crippen LogP contribution in [0, 0.1) is 0 Å². The highest BCUT2D eigenvalue weighted by Crippen LogP contribution is 2.18. The molecule has 6 nitrogen and oxygen atoms in total. The Balaban J connectivity index is 1.80. The number of benzene rings is 1. The second-order valence-electron chi connectivity index (χ2n) is 5.44. The third-order valence-electron chi connectivity index (χ3n) is 3.50. The van der Waals surface area contributed by atoms with Gasteiger partial charge in [-0.15, -0.1) is 11.3 Å². The molecule has 0 aliphatic carbocycles. The fourth-order valence-corrected chi connectivity index (χ4v) is 2.88. The molecule has 2 rings (SSSR count). The Labute approximate surface area is 149 Å². The minimum Gasteiger partial charge on any atom is -0.482 e. The molecule has 1 heterocycles. The Morgan fingerprint density at radius 3 is 2.48 bits per heavy atom. The van der Waals surface area contributed by atoms with Crippen molar-refractivity contribution in [1.29, 1.82) is 0 Å². The van der Waals surface area contributed by atoms with Crippen LogP contribution in [0.5, 0.6) is 5.75 Å². The first kappa shape index (κ1) is 18.7. The van der Waals surface area contributed by atoms with E-state index < -0.39 is 12.6 Å². The van der Waals surface area contributed by atoms with Crippen LogP contribution in [0.15, 0.2) is 41.8 Å². The lowest BCUT2D eigenvalue weighted by atomic mass is 10.1. The molecule has 0 saturated heterocycles. The summed E-state index contributed by atoms with van der Waals surface area (Å²) in [6.45, 7) is 1.44. The molecule has 0 saturated carbocycles. The van der Waals surface area contributed by atoms with E-state index in [4.69, 9.17) is 9.84 Å². The molecule has 132 valence electrons. The Hall–Kier alpha value is -2.67. The minimum atomic E-state index is -1.04. The van der Waals surface area contributed by atoms with Crippen LogP contribution in [-0.2, 0) is 9.59 Å². The Kier molecular flexibility index (Phi) is 6.71. The van der Waals surface area contributed by atoms with Crippen molar-refractivity contribution < 1.29 is 24.2 Å². The minimum absolute atomic E-state index is 0.0299. The zero-order valence-corrected chi connectivity index (χ0v) is 14.5. The zero-order chi connectivity index (χ0) is 18.2. The fourth-order valence-electron chi connectivity index (χ4n) is 2.18. The molecule has 2 aromatic rings. The largest absolute Gasteiger partial charge is 0.482 e. The number of carbonyl (C=O) groups excluding carboxylic acids is 2. The van der Waals surface area contributed by atoms with E-state index >= 15 is 0 Å². The maximum absolute atomic E-state index is 12.0. The number of carboxylic acids is 1. The van der Waals surface area contributed by atoms with Gasteiger partial charge in [0, 0.05) is 12.8 Å². The maximum Gasteiger partial charge on any atom is 0.341 e. The van der Waals surface area contributed by atoms with Crippen molar-refractivity contribution in [2.45, 2.75) is 25.8 Å². The summed E-state index contributed by atoms with van der Waals surface area (Å²) in [6, 6.07) is 10.2. The monoisotopic (exact) mass is 361 g/mol. The van der Waals surface area contributed by atoms with Crippen LogP contribution in [-0.4, -0.2) is 29.4 Å². The van der Waals surface area contributed by atoms with Crippen LogP contribution in [0.25, 0.3) is 0 Å². The molecular weight excluding hydrogens is 342 g/mol. The quantitative estimate of drug-likeness (QED) is 0.670. The van der Waals surface area contributed by atoms with Crippen molar-refractivity contribution >= 4 is 29.0 Å². The number of carboxylic acid groups (broad SMARTS) is 1.